The third-order valence-electron chi connectivity index (χ3n) is 2.45. The van der Waals surface area contributed by atoms with E-state index in [0.717, 1.165) is 21.5 Å². The molecule has 0 saturated carbocycles. The SMILES string of the molecule is CCSCCC(C)NC(=O)c1cc(Cl)ccc1I. The van der Waals surface area contributed by atoms with Crippen molar-refractivity contribution in [3.63, 3.8) is 0 Å². The van der Waals surface area contributed by atoms with Gasteiger partial charge in [-0.25, -0.2) is 0 Å². The van der Waals surface area contributed by atoms with Gasteiger partial charge in [-0.1, -0.05) is 18.5 Å². The first-order valence-electron chi connectivity index (χ1n) is 5.88. The molecule has 100 valence electrons. The minimum absolute atomic E-state index is 0.0455. The van der Waals surface area contributed by atoms with E-state index in [-0.39, 0.29) is 11.9 Å². The van der Waals surface area contributed by atoms with Crippen LogP contribution in [0.25, 0.3) is 0 Å². The van der Waals surface area contributed by atoms with E-state index < -0.39 is 0 Å². The van der Waals surface area contributed by atoms with Crippen molar-refractivity contribution in [1.82, 2.24) is 5.32 Å². The van der Waals surface area contributed by atoms with Gasteiger partial charge in [0.15, 0.2) is 0 Å². The zero-order valence-electron chi connectivity index (χ0n) is 10.5. The summed E-state index contributed by atoms with van der Waals surface area (Å²) in [5, 5.41) is 3.60. The Morgan fingerprint density at radius 3 is 2.94 bits per heavy atom. The van der Waals surface area contributed by atoms with E-state index in [4.69, 9.17) is 11.6 Å². The molecule has 0 heterocycles. The lowest BCUT2D eigenvalue weighted by atomic mass is 10.2. The van der Waals surface area contributed by atoms with Gasteiger partial charge in [0.25, 0.3) is 5.91 Å². The van der Waals surface area contributed by atoms with Gasteiger partial charge in [0.05, 0.1) is 5.56 Å². The topological polar surface area (TPSA) is 29.1 Å². The Labute approximate surface area is 131 Å². The quantitative estimate of drug-likeness (QED) is 0.575. The van der Waals surface area contributed by atoms with Crippen LogP contribution in [0.5, 0.6) is 0 Å². The van der Waals surface area contributed by atoms with E-state index in [9.17, 15) is 4.79 Å². The minimum Gasteiger partial charge on any atom is -0.350 e. The summed E-state index contributed by atoms with van der Waals surface area (Å²) in [5.41, 5.74) is 0.651. The Hall–Kier alpha value is 0.0600. The Bertz CT molecular complexity index is 414. The second-order valence-corrected chi connectivity index (χ2v) is 6.98. The van der Waals surface area contributed by atoms with Crippen LogP contribution < -0.4 is 5.32 Å². The molecular weight excluding hydrogens is 381 g/mol. The lowest BCUT2D eigenvalue weighted by Gasteiger charge is -2.14. The Balaban J connectivity index is 2.56. The summed E-state index contributed by atoms with van der Waals surface area (Å²) < 4.78 is 0.921. The first-order valence-corrected chi connectivity index (χ1v) is 8.49. The molecule has 1 aromatic rings. The number of carbonyl (C=O) groups excluding carboxylic acids is 1. The number of rotatable bonds is 6. The molecule has 18 heavy (non-hydrogen) atoms. The van der Waals surface area contributed by atoms with Gasteiger partial charge in [-0.2, -0.15) is 11.8 Å². The molecule has 0 radical (unpaired) electrons. The molecule has 1 unspecified atom stereocenters. The number of hydrogen-bond acceptors (Lipinski definition) is 2. The highest BCUT2D eigenvalue weighted by Gasteiger charge is 2.13. The molecule has 1 rings (SSSR count). The number of nitrogens with one attached hydrogen (secondary N) is 1. The van der Waals surface area contributed by atoms with E-state index in [0.29, 0.717) is 10.6 Å². The minimum atomic E-state index is -0.0455. The molecule has 1 N–H and O–H groups in total. The first-order chi connectivity index (χ1) is 8.54. The van der Waals surface area contributed by atoms with Crippen LogP contribution in [0.1, 0.15) is 30.6 Å². The van der Waals surface area contributed by atoms with Crippen LogP contribution in [-0.4, -0.2) is 23.5 Å². The van der Waals surface area contributed by atoms with E-state index in [1.54, 1.807) is 12.1 Å². The predicted molar refractivity (Wildman–Crippen MR) is 88.7 cm³/mol. The van der Waals surface area contributed by atoms with Crippen LogP contribution >= 0.6 is 46.0 Å². The summed E-state index contributed by atoms with van der Waals surface area (Å²) in [6, 6.07) is 5.55. The fraction of sp³-hybridized carbons (Fsp3) is 0.462. The largest absolute Gasteiger partial charge is 0.350 e. The van der Waals surface area contributed by atoms with Crippen LogP contribution in [0.2, 0.25) is 5.02 Å². The van der Waals surface area contributed by atoms with Gasteiger partial charge in [-0.3, -0.25) is 4.79 Å². The molecule has 0 fully saturated rings. The highest BCUT2D eigenvalue weighted by Crippen LogP contribution is 2.18. The predicted octanol–water partition coefficient (Wildman–Crippen LogP) is 4.21. The zero-order chi connectivity index (χ0) is 13.5. The molecule has 1 amide bonds. The van der Waals surface area contributed by atoms with Crippen LogP contribution in [0.3, 0.4) is 0 Å². The molecule has 0 aromatic heterocycles. The maximum Gasteiger partial charge on any atom is 0.252 e. The van der Waals surface area contributed by atoms with Crippen molar-refractivity contribution in [1.29, 1.82) is 0 Å². The summed E-state index contributed by atoms with van der Waals surface area (Å²) in [5.74, 6) is 2.15. The van der Waals surface area contributed by atoms with Gasteiger partial charge in [0.2, 0.25) is 0 Å². The van der Waals surface area contributed by atoms with Gasteiger partial charge in [0.1, 0.15) is 0 Å². The maximum absolute atomic E-state index is 12.1. The van der Waals surface area contributed by atoms with Crippen LogP contribution in [0.15, 0.2) is 18.2 Å². The average Bonchev–Trinajstić information content (AvgIpc) is 2.32. The Kier molecular flexibility index (Phi) is 7.41. The van der Waals surface area contributed by atoms with Gasteiger partial charge in [-0.15, -0.1) is 0 Å². The van der Waals surface area contributed by atoms with E-state index >= 15 is 0 Å². The van der Waals surface area contributed by atoms with E-state index in [2.05, 4.69) is 34.8 Å². The lowest BCUT2D eigenvalue weighted by molar-refractivity contribution is 0.0938. The molecule has 0 spiro atoms. The van der Waals surface area contributed by atoms with E-state index in [1.165, 1.54) is 0 Å². The van der Waals surface area contributed by atoms with Crippen molar-refractivity contribution < 1.29 is 4.79 Å². The molecule has 0 aliphatic heterocycles. The van der Waals surface area contributed by atoms with Gasteiger partial charge < -0.3 is 5.32 Å². The van der Waals surface area contributed by atoms with Gasteiger partial charge in [-0.05, 0) is 65.6 Å². The van der Waals surface area contributed by atoms with Gasteiger partial charge >= 0.3 is 0 Å². The zero-order valence-corrected chi connectivity index (χ0v) is 14.2. The number of hydrogen-bond donors (Lipinski definition) is 1. The number of benzene rings is 1. The van der Waals surface area contributed by atoms with Crippen LogP contribution in [0.4, 0.5) is 0 Å². The molecule has 0 aliphatic carbocycles. The third kappa shape index (κ3) is 5.36. The number of carbonyl (C=O) groups is 1. The molecule has 2 nitrogen and oxygen atoms in total. The third-order valence-corrected chi connectivity index (χ3v) is 4.56. The molecule has 0 saturated heterocycles. The smallest absolute Gasteiger partial charge is 0.252 e. The van der Waals surface area contributed by atoms with Crippen molar-refractivity contribution in [3.05, 3.63) is 32.4 Å². The van der Waals surface area contributed by atoms with Gasteiger partial charge in [0, 0.05) is 14.6 Å². The summed E-state index contributed by atoms with van der Waals surface area (Å²) in [6.45, 7) is 4.17. The second-order valence-electron chi connectivity index (χ2n) is 3.98. The normalized spacial score (nSPS) is 12.2. The van der Waals surface area contributed by atoms with Crippen LogP contribution in [0, 0.1) is 3.57 Å². The molecule has 1 atom stereocenters. The molecule has 0 bridgehead atoms. The molecular formula is C13H17ClINOS. The number of amides is 1. The average molecular weight is 398 g/mol. The van der Waals surface area contributed by atoms with E-state index in [1.807, 2.05) is 24.8 Å². The first kappa shape index (κ1) is 16.1. The molecule has 5 heteroatoms. The highest BCUT2D eigenvalue weighted by atomic mass is 127. The fourth-order valence-corrected chi connectivity index (χ4v) is 3.01. The maximum atomic E-state index is 12.1. The Morgan fingerprint density at radius 2 is 2.28 bits per heavy atom. The summed E-state index contributed by atoms with van der Waals surface area (Å²) in [7, 11) is 0. The standard InChI is InChI=1S/C13H17ClINOS/c1-3-18-7-6-9(2)16-13(17)11-8-10(14)4-5-12(11)15/h4-5,8-9H,3,6-7H2,1-2H3,(H,16,17). The molecule has 1 aromatic carbocycles. The van der Waals surface area contributed by atoms with Crippen molar-refractivity contribution in [2.24, 2.45) is 0 Å². The number of thioether (sulfide) groups is 1. The van der Waals surface area contributed by atoms with Crippen molar-refractivity contribution >= 4 is 51.9 Å². The number of halogens is 2. The second kappa shape index (κ2) is 8.27. The fourth-order valence-electron chi connectivity index (χ4n) is 1.45. The monoisotopic (exact) mass is 397 g/mol. The Morgan fingerprint density at radius 1 is 1.56 bits per heavy atom. The van der Waals surface area contributed by atoms with Crippen LogP contribution in [-0.2, 0) is 0 Å². The summed E-state index contributed by atoms with van der Waals surface area (Å²) in [6.07, 6.45) is 0.987. The summed E-state index contributed by atoms with van der Waals surface area (Å²) in [4.78, 5) is 12.1. The molecule has 0 aliphatic rings. The lowest BCUT2D eigenvalue weighted by Crippen LogP contribution is -2.33. The highest BCUT2D eigenvalue weighted by molar-refractivity contribution is 14.1. The van der Waals surface area contributed by atoms with Crippen molar-refractivity contribution in [3.8, 4) is 0 Å². The van der Waals surface area contributed by atoms with Crippen molar-refractivity contribution in [2.45, 2.75) is 26.3 Å². The summed E-state index contributed by atoms with van der Waals surface area (Å²) >= 11 is 9.95. The van der Waals surface area contributed by atoms with Crippen molar-refractivity contribution in [2.75, 3.05) is 11.5 Å².